The first kappa shape index (κ1) is 13.2. The molecule has 1 atom stereocenters. The van der Waals surface area contributed by atoms with E-state index in [9.17, 15) is 4.79 Å². The zero-order valence-electron chi connectivity index (χ0n) is 9.25. The molecule has 0 radical (unpaired) electrons. The molecule has 0 bridgehead atoms. The van der Waals surface area contributed by atoms with Gasteiger partial charge in [0.1, 0.15) is 0 Å². The summed E-state index contributed by atoms with van der Waals surface area (Å²) in [5.74, 6) is -0.216. The number of carbonyl (C=O) groups is 1. The monoisotopic (exact) mass is 200 g/mol. The van der Waals surface area contributed by atoms with E-state index in [-0.39, 0.29) is 18.5 Å². The summed E-state index contributed by atoms with van der Waals surface area (Å²) in [5, 5.41) is 9.02. The van der Waals surface area contributed by atoms with Gasteiger partial charge < -0.3 is 9.84 Å². The number of aliphatic hydroxyl groups excluding tert-OH is 1. The molecule has 0 aliphatic rings. The molecule has 0 rings (SSSR count). The number of rotatable bonds is 6. The standard InChI is InChI=1S/C11H20O3/c1-4-6-10(8-12)7-9(3)11(13)14-5-2/h7,10,12H,4-6,8H2,1-3H3/b9-7+/t10-/m0/s1. The highest BCUT2D eigenvalue weighted by Crippen LogP contribution is 2.10. The van der Waals surface area contributed by atoms with Gasteiger partial charge in [-0.15, -0.1) is 0 Å². The van der Waals surface area contributed by atoms with Gasteiger partial charge in [0.2, 0.25) is 0 Å². The third-order valence-electron chi connectivity index (χ3n) is 1.98. The van der Waals surface area contributed by atoms with Crippen LogP contribution in [0, 0.1) is 5.92 Å². The smallest absolute Gasteiger partial charge is 0.333 e. The third kappa shape index (κ3) is 5.02. The minimum atomic E-state index is -0.290. The van der Waals surface area contributed by atoms with Gasteiger partial charge in [0.05, 0.1) is 6.61 Å². The summed E-state index contributed by atoms with van der Waals surface area (Å²) in [5.41, 5.74) is 0.583. The van der Waals surface area contributed by atoms with E-state index in [1.54, 1.807) is 19.9 Å². The molecule has 0 saturated carbocycles. The highest BCUT2D eigenvalue weighted by molar-refractivity contribution is 5.87. The summed E-state index contributed by atoms with van der Waals surface area (Å²) in [7, 11) is 0. The van der Waals surface area contributed by atoms with Gasteiger partial charge in [-0.2, -0.15) is 0 Å². The Morgan fingerprint density at radius 1 is 1.50 bits per heavy atom. The Labute approximate surface area is 85.8 Å². The summed E-state index contributed by atoms with van der Waals surface area (Å²) >= 11 is 0. The highest BCUT2D eigenvalue weighted by Gasteiger charge is 2.08. The van der Waals surface area contributed by atoms with Gasteiger partial charge in [0.25, 0.3) is 0 Å². The zero-order valence-corrected chi connectivity index (χ0v) is 9.25. The number of hydrogen-bond donors (Lipinski definition) is 1. The Morgan fingerprint density at radius 2 is 2.14 bits per heavy atom. The topological polar surface area (TPSA) is 46.5 Å². The Bertz CT molecular complexity index is 197. The van der Waals surface area contributed by atoms with Crippen LogP contribution in [0.4, 0.5) is 0 Å². The Hall–Kier alpha value is -0.830. The first-order valence-corrected chi connectivity index (χ1v) is 5.12. The molecular weight excluding hydrogens is 180 g/mol. The van der Waals surface area contributed by atoms with E-state index in [4.69, 9.17) is 9.84 Å². The van der Waals surface area contributed by atoms with Crippen molar-refractivity contribution in [3.05, 3.63) is 11.6 Å². The Balaban J connectivity index is 4.23. The van der Waals surface area contributed by atoms with Crippen molar-refractivity contribution in [2.24, 2.45) is 5.92 Å². The van der Waals surface area contributed by atoms with E-state index in [0.717, 1.165) is 12.8 Å². The Kier molecular flexibility index (Phi) is 7.11. The molecule has 0 aromatic heterocycles. The van der Waals surface area contributed by atoms with E-state index in [1.165, 1.54) is 0 Å². The van der Waals surface area contributed by atoms with Crippen LogP contribution in [0.25, 0.3) is 0 Å². The first-order chi connectivity index (χ1) is 6.65. The molecule has 0 aromatic rings. The molecular formula is C11H20O3. The lowest BCUT2D eigenvalue weighted by molar-refractivity contribution is -0.138. The van der Waals surface area contributed by atoms with Gasteiger partial charge in [0.15, 0.2) is 0 Å². The number of hydrogen-bond acceptors (Lipinski definition) is 3. The molecule has 3 heteroatoms. The van der Waals surface area contributed by atoms with E-state index in [1.807, 2.05) is 0 Å². The van der Waals surface area contributed by atoms with Crippen molar-refractivity contribution < 1.29 is 14.6 Å². The van der Waals surface area contributed by atoms with Crippen molar-refractivity contribution in [3.8, 4) is 0 Å². The second kappa shape index (κ2) is 7.56. The fraction of sp³-hybridized carbons (Fsp3) is 0.727. The van der Waals surface area contributed by atoms with Gasteiger partial charge in [-0.25, -0.2) is 4.79 Å². The van der Waals surface area contributed by atoms with E-state index in [0.29, 0.717) is 12.2 Å². The molecule has 0 aromatic carbocycles. The lowest BCUT2D eigenvalue weighted by atomic mass is 10.0. The largest absolute Gasteiger partial charge is 0.463 e. The Morgan fingerprint density at radius 3 is 2.57 bits per heavy atom. The average Bonchev–Trinajstić information content (AvgIpc) is 2.17. The molecule has 0 spiro atoms. The third-order valence-corrected chi connectivity index (χ3v) is 1.98. The predicted molar refractivity (Wildman–Crippen MR) is 55.9 cm³/mol. The number of carbonyl (C=O) groups excluding carboxylic acids is 1. The van der Waals surface area contributed by atoms with Gasteiger partial charge in [-0.3, -0.25) is 0 Å². The zero-order chi connectivity index (χ0) is 11.0. The van der Waals surface area contributed by atoms with Crippen LogP contribution in [0.5, 0.6) is 0 Å². The van der Waals surface area contributed by atoms with Crippen LogP contribution in [0.15, 0.2) is 11.6 Å². The predicted octanol–water partition coefficient (Wildman–Crippen LogP) is 1.90. The molecule has 0 aliphatic carbocycles. The highest BCUT2D eigenvalue weighted by atomic mass is 16.5. The molecule has 82 valence electrons. The van der Waals surface area contributed by atoms with Crippen LogP contribution in [-0.4, -0.2) is 24.3 Å². The summed E-state index contributed by atoms with van der Waals surface area (Å²) in [6.45, 7) is 6.03. The van der Waals surface area contributed by atoms with E-state index >= 15 is 0 Å². The molecule has 0 heterocycles. The summed E-state index contributed by atoms with van der Waals surface area (Å²) in [6.07, 6.45) is 3.69. The quantitative estimate of drug-likeness (QED) is 0.526. The van der Waals surface area contributed by atoms with Crippen molar-refractivity contribution in [2.75, 3.05) is 13.2 Å². The van der Waals surface area contributed by atoms with Crippen LogP contribution in [0.3, 0.4) is 0 Å². The maximum Gasteiger partial charge on any atom is 0.333 e. The van der Waals surface area contributed by atoms with Crippen LogP contribution < -0.4 is 0 Å². The summed E-state index contributed by atoms with van der Waals surface area (Å²) in [4.78, 5) is 11.2. The second-order valence-electron chi connectivity index (χ2n) is 3.30. The lowest BCUT2D eigenvalue weighted by Crippen LogP contribution is -2.09. The summed E-state index contributed by atoms with van der Waals surface area (Å²) in [6, 6.07) is 0. The molecule has 0 aliphatic heterocycles. The van der Waals surface area contributed by atoms with Crippen molar-refractivity contribution in [1.82, 2.24) is 0 Å². The van der Waals surface area contributed by atoms with Crippen LogP contribution in [-0.2, 0) is 9.53 Å². The van der Waals surface area contributed by atoms with E-state index < -0.39 is 0 Å². The van der Waals surface area contributed by atoms with Gasteiger partial charge in [-0.05, 0) is 20.3 Å². The van der Waals surface area contributed by atoms with Crippen LogP contribution in [0.1, 0.15) is 33.6 Å². The van der Waals surface area contributed by atoms with Crippen molar-refractivity contribution >= 4 is 5.97 Å². The fourth-order valence-electron chi connectivity index (χ4n) is 1.26. The average molecular weight is 200 g/mol. The molecule has 14 heavy (non-hydrogen) atoms. The first-order valence-electron chi connectivity index (χ1n) is 5.12. The SMILES string of the molecule is CCC[C@@H](/C=C(\C)C(=O)OCC)CO. The van der Waals surface area contributed by atoms with Crippen LogP contribution >= 0.6 is 0 Å². The molecule has 3 nitrogen and oxygen atoms in total. The molecule has 0 saturated heterocycles. The maximum atomic E-state index is 11.2. The molecule has 1 N–H and O–H groups in total. The normalized spacial score (nSPS) is 13.9. The molecule has 0 unspecified atom stereocenters. The number of ether oxygens (including phenoxy) is 1. The lowest BCUT2D eigenvalue weighted by Gasteiger charge is -2.09. The molecule has 0 amide bonds. The van der Waals surface area contributed by atoms with Gasteiger partial charge >= 0.3 is 5.97 Å². The van der Waals surface area contributed by atoms with Gasteiger partial charge in [0, 0.05) is 18.1 Å². The number of aliphatic hydroxyl groups is 1. The second-order valence-corrected chi connectivity index (χ2v) is 3.30. The fourth-order valence-corrected chi connectivity index (χ4v) is 1.26. The van der Waals surface area contributed by atoms with Crippen molar-refractivity contribution in [3.63, 3.8) is 0 Å². The summed E-state index contributed by atoms with van der Waals surface area (Å²) < 4.78 is 4.84. The maximum absolute atomic E-state index is 11.2. The van der Waals surface area contributed by atoms with Crippen molar-refractivity contribution in [1.29, 1.82) is 0 Å². The van der Waals surface area contributed by atoms with Crippen molar-refractivity contribution in [2.45, 2.75) is 33.6 Å². The van der Waals surface area contributed by atoms with E-state index in [2.05, 4.69) is 6.92 Å². The minimum Gasteiger partial charge on any atom is -0.463 e. The minimum absolute atomic E-state index is 0.0735. The van der Waals surface area contributed by atoms with Gasteiger partial charge in [-0.1, -0.05) is 19.4 Å². The number of esters is 1. The molecule has 0 fully saturated rings. The van der Waals surface area contributed by atoms with Crippen LogP contribution in [0.2, 0.25) is 0 Å².